The van der Waals surface area contributed by atoms with Crippen molar-refractivity contribution in [3.05, 3.63) is 29.1 Å². The second-order valence-corrected chi connectivity index (χ2v) is 3.77. The molecule has 92 valence electrons. The molecule has 0 heterocycles. The van der Waals surface area contributed by atoms with Gasteiger partial charge >= 0.3 is 6.18 Å². The molecular formula is C11H8F4O2. The van der Waals surface area contributed by atoms with Crippen LogP contribution in [0, 0.1) is 5.82 Å². The summed E-state index contributed by atoms with van der Waals surface area (Å²) >= 11 is 0. The van der Waals surface area contributed by atoms with Crippen molar-refractivity contribution in [1.29, 1.82) is 0 Å². The molecule has 17 heavy (non-hydrogen) atoms. The van der Waals surface area contributed by atoms with Gasteiger partial charge in [-0.25, -0.2) is 4.39 Å². The lowest BCUT2D eigenvalue weighted by atomic mass is 10.1. The van der Waals surface area contributed by atoms with Gasteiger partial charge in [0, 0.05) is 12.0 Å². The van der Waals surface area contributed by atoms with E-state index in [9.17, 15) is 22.4 Å². The number of rotatable bonds is 2. The molecule has 0 saturated carbocycles. The molecule has 1 aliphatic rings. The molecule has 1 aliphatic carbocycles. The maximum Gasteiger partial charge on any atom is 0.422 e. The molecule has 0 aliphatic heterocycles. The zero-order valence-corrected chi connectivity index (χ0v) is 8.60. The number of hydrogen-bond acceptors (Lipinski definition) is 2. The molecule has 0 fully saturated rings. The summed E-state index contributed by atoms with van der Waals surface area (Å²) in [4.78, 5) is 11.3. The van der Waals surface area contributed by atoms with E-state index in [1.807, 2.05) is 0 Å². The summed E-state index contributed by atoms with van der Waals surface area (Å²) in [7, 11) is 0. The van der Waals surface area contributed by atoms with Crippen molar-refractivity contribution in [1.82, 2.24) is 0 Å². The Hall–Kier alpha value is -1.59. The van der Waals surface area contributed by atoms with E-state index in [4.69, 9.17) is 0 Å². The van der Waals surface area contributed by atoms with Crippen LogP contribution in [0.1, 0.15) is 22.3 Å². The van der Waals surface area contributed by atoms with Crippen molar-refractivity contribution in [2.45, 2.75) is 19.0 Å². The lowest BCUT2D eigenvalue weighted by Gasteiger charge is -2.11. The average molecular weight is 248 g/mol. The monoisotopic (exact) mass is 248 g/mol. The van der Waals surface area contributed by atoms with Crippen molar-refractivity contribution in [2.24, 2.45) is 0 Å². The van der Waals surface area contributed by atoms with E-state index >= 15 is 0 Å². The van der Waals surface area contributed by atoms with Crippen molar-refractivity contribution in [2.75, 3.05) is 6.61 Å². The Balaban J connectivity index is 2.24. The molecule has 0 radical (unpaired) electrons. The van der Waals surface area contributed by atoms with E-state index < -0.39 is 24.3 Å². The molecule has 1 aromatic rings. The van der Waals surface area contributed by atoms with E-state index in [1.54, 1.807) is 0 Å². The minimum Gasteiger partial charge on any atom is -0.481 e. The summed E-state index contributed by atoms with van der Waals surface area (Å²) in [6.07, 6.45) is -3.85. The van der Waals surface area contributed by atoms with Crippen molar-refractivity contribution < 1.29 is 27.1 Å². The fourth-order valence-electron chi connectivity index (χ4n) is 1.71. The maximum absolute atomic E-state index is 13.3. The van der Waals surface area contributed by atoms with Gasteiger partial charge in [0.15, 0.2) is 24.0 Å². The lowest BCUT2D eigenvalue weighted by Crippen LogP contribution is -2.19. The highest BCUT2D eigenvalue weighted by Crippen LogP contribution is 2.29. The van der Waals surface area contributed by atoms with Gasteiger partial charge in [0.1, 0.15) is 0 Å². The molecule has 6 heteroatoms. The molecule has 2 nitrogen and oxygen atoms in total. The number of Topliss-reactive ketones (excluding diaryl/α,β-unsaturated/α-hetero) is 1. The number of ether oxygens (including phenoxy) is 1. The van der Waals surface area contributed by atoms with E-state index in [1.165, 1.54) is 0 Å². The lowest BCUT2D eigenvalue weighted by molar-refractivity contribution is -0.153. The Morgan fingerprint density at radius 1 is 1.24 bits per heavy atom. The van der Waals surface area contributed by atoms with Gasteiger partial charge in [0.2, 0.25) is 0 Å². The number of alkyl halides is 3. The smallest absolute Gasteiger partial charge is 0.422 e. The van der Waals surface area contributed by atoms with E-state index in [0.717, 1.165) is 12.1 Å². The van der Waals surface area contributed by atoms with Gasteiger partial charge in [0.05, 0.1) is 0 Å². The quantitative estimate of drug-likeness (QED) is 0.752. The predicted octanol–water partition coefficient (Wildman–Crippen LogP) is 2.90. The first kappa shape index (κ1) is 11.9. The molecule has 0 amide bonds. The first-order valence-corrected chi connectivity index (χ1v) is 4.92. The van der Waals surface area contributed by atoms with Crippen LogP contribution < -0.4 is 4.74 Å². The van der Waals surface area contributed by atoms with E-state index in [-0.39, 0.29) is 17.8 Å². The van der Waals surface area contributed by atoms with E-state index in [2.05, 4.69) is 4.74 Å². The van der Waals surface area contributed by atoms with Gasteiger partial charge in [-0.3, -0.25) is 4.79 Å². The summed E-state index contributed by atoms with van der Waals surface area (Å²) in [6, 6.07) is 2.11. The maximum atomic E-state index is 13.3. The third-order valence-corrected chi connectivity index (χ3v) is 2.47. The number of carbonyl (C=O) groups is 1. The van der Waals surface area contributed by atoms with Crippen LogP contribution in [0.2, 0.25) is 0 Å². The molecule has 0 unspecified atom stereocenters. The molecule has 1 aromatic carbocycles. The number of fused-ring (bicyclic) bond motifs is 1. The van der Waals surface area contributed by atoms with Crippen LogP contribution in [0.4, 0.5) is 17.6 Å². The van der Waals surface area contributed by atoms with Crippen LogP contribution >= 0.6 is 0 Å². The molecule has 0 spiro atoms. The van der Waals surface area contributed by atoms with Crippen LogP contribution in [0.5, 0.6) is 5.75 Å². The predicted molar refractivity (Wildman–Crippen MR) is 50.6 cm³/mol. The second kappa shape index (κ2) is 4.01. The molecule has 0 aromatic heterocycles. The summed E-state index contributed by atoms with van der Waals surface area (Å²) in [6.45, 7) is -1.57. The first-order chi connectivity index (χ1) is 7.87. The number of hydrogen-bond donors (Lipinski definition) is 0. The van der Waals surface area contributed by atoms with Gasteiger partial charge < -0.3 is 4.74 Å². The van der Waals surface area contributed by atoms with Gasteiger partial charge in [-0.15, -0.1) is 0 Å². The SMILES string of the molecule is O=C1CCc2cc(F)c(OCC(F)(F)F)cc21. The zero-order chi connectivity index (χ0) is 12.6. The molecule has 2 rings (SSSR count). The minimum atomic E-state index is -4.53. The summed E-state index contributed by atoms with van der Waals surface area (Å²) < 4.78 is 53.4. The Kier molecular flexibility index (Phi) is 2.81. The Labute approximate surface area is 94.2 Å². The molecule has 0 saturated heterocycles. The van der Waals surface area contributed by atoms with Gasteiger partial charge in [-0.05, 0) is 24.1 Å². The second-order valence-electron chi connectivity index (χ2n) is 3.77. The summed E-state index contributed by atoms with van der Waals surface area (Å²) in [5, 5.41) is 0. The van der Waals surface area contributed by atoms with Crippen LogP contribution in [-0.2, 0) is 6.42 Å². The number of benzene rings is 1. The highest BCUT2D eigenvalue weighted by molar-refractivity contribution is 6.00. The fraction of sp³-hybridized carbons (Fsp3) is 0.364. The largest absolute Gasteiger partial charge is 0.481 e. The molecule has 0 N–H and O–H groups in total. The summed E-state index contributed by atoms with van der Waals surface area (Å²) in [5.74, 6) is -1.60. The third-order valence-electron chi connectivity index (χ3n) is 2.47. The fourth-order valence-corrected chi connectivity index (χ4v) is 1.71. The average Bonchev–Trinajstić information content (AvgIpc) is 2.55. The van der Waals surface area contributed by atoms with Crippen LogP contribution in [0.15, 0.2) is 12.1 Å². The molecule has 0 bridgehead atoms. The van der Waals surface area contributed by atoms with Crippen LogP contribution in [0.3, 0.4) is 0 Å². The third kappa shape index (κ3) is 2.57. The van der Waals surface area contributed by atoms with E-state index in [0.29, 0.717) is 12.0 Å². The van der Waals surface area contributed by atoms with Gasteiger partial charge in [0.25, 0.3) is 0 Å². The number of aryl methyl sites for hydroxylation is 1. The Morgan fingerprint density at radius 2 is 1.94 bits per heavy atom. The van der Waals surface area contributed by atoms with Crippen molar-refractivity contribution >= 4 is 5.78 Å². The summed E-state index contributed by atoms with van der Waals surface area (Å²) in [5.41, 5.74) is 0.774. The highest BCUT2D eigenvalue weighted by Gasteiger charge is 2.30. The number of halogens is 4. The Morgan fingerprint density at radius 3 is 2.59 bits per heavy atom. The number of ketones is 1. The molecule has 0 atom stereocenters. The normalized spacial score (nSPS) is 14.9. The highest BCUT2D eigenvalue weighted by atomic mass is 19.4. The minimum absolute atomic E-state index is 0.197. The van der Waals surface area contributed by atoms with Crippen molar-refractivity contribution in [3.8, 4) is 5.75 Å². The standard InChI is InChI=1S/C11H8F4O2/c12-8-3-6-1-2-9(16)7(6)4-10(8)17-5-11(13,14)15/h3-4H,1-2,5H2. The molecular weight excluding hydrogens is 240 g/mol. The van der Waals surface area contributed by atoms with Gasteiger partial charge in [-0.2, -0.15) is 13.2 Å². The zero-order valence-electron chi connectivity index (χ0n) is 8.60. The van der Waals surface area contributed by atoms with Crippen molar-refractivity contribution in [3.63, 3.8) is 0 Å². The van der Waals surface area contributed by atoms with Crippen LogP contribution in [0.25, 0.3) is 0 Å². The topological polar surface area (TPSA) is 26.3 Å². The number of carbonyl (C=O) groups excluding carboxylic acids is 1. The van der Waals surface area contributed by atoms with Gasteiger partial charge in [-0.1, -0.05) is 0 Å². The Bertz CT molecular complexity index is 465. The van der Waals surface area contributed by atoms with Crippen LogP contribution in [-0.4, -0.2) is 18.6 Å². The first-order valence-electron chi connectivity index (χ1n) is 4.92.